The van der Waals surface area contributed by atoms with Crippen LogP contribution in [0.2, 0.25) is 0 Å². The molecule has 0 aliphatic heterocycles. The molecule has 0 atom stereocenters. The fourth-order valence-corrected chi connectivity index (χ4v) is 2.86. The van der Waals surface area contributed by atoms with Crippen LogP contribution in [0.15, 0.2) is 72.8 Å². The summed E-state index contributed by atoms with van der Waals surface area (Å²) in [6.07, 6.45) is 1.57. The normalized spacial score (nSPS) is 11.1. The molecule has 0 bridgehead atoms. The number of carbonyl (C=O) groups is 2. The average Bonchev–Trinajstić information content (AvgIpc) is 2.76. The maximum Gasteiger partial charge on any atom is 0.339 e. The molecule has 0 fully saturated rings. The Kier molecular flexibility index (Phi) is 6.70. The SMILES string of the molecule is COc1ccccc1/C=C(/C(=O)OCC(=O)c1c(F)cccc1F)c1ccccc1. The highest BCUT2D eigenvalue weighted by Gasteiger charge is 2.21. The van der Waals surface area contributed by atoms with Gasteiger partial charge >= 0.3 is 5.97 Å². The molecule has 152 valence electrons. The Balaban J connectivity index is 1.88. The largest absolute Gasteiger partial charge is 0.496 e. The molecule has 0 aliphatic carbocycles. The van der Waals surface area contributed by atoms with Crippen molar-refractivity contribution in [3.05, 3.63) is 101 Å². The zero-order chi connectivity index (χ0) is 21.5. The summed E-state index contributed by atoms with van der Waals surface area (Å²) in [5, 5.41) is 0. The number of esters is 1. The predicted molar refractivity (Wildman–Crippen MR) is 109 cm³/mol. The van der Waals surface area contributed by atoms with E-state index in [9.17, 15) is 18.4 Å². The molecule has 0 heterocycles. The molecular weight excluding hydrogens is 390 g/mol. The van der Waals surface area contributed by atoms with Crippen molar-refractivity contribution in [2.75, 3.05) is 13.7 Å². The van der Waals surface area contributed by atoms with Crippen molar-refractivity contribution in [2.45, 2.75) is 0 Å². The Morgan fingerprint density at radius 1 is 0.867 bits per heavy atom. The van der Waals surface area contributed by atoms with Gasteiger partial charge in [0.05, 0.1) is 18.2 Å². The zero-order valence-corrected chi connectivity index (χ0v) is 16.1. The van der Waals surface area contributed by atoms with E-state index in [0.29, 0.717) is 16.9 Å². The van der Waals surface area contributed by atoms with Gasteiger partial charge in [0.25, 0.3) is 0 Å². The van der Waals surface area contributed by atoms with Crippen LogP contribution in [0.25, 0.3) is 11.6 Å². The van der Waals surface area contributed by atoms with E-state index in [2.05, 4.69) is 0 Å². The van der Waals surface area contributed by atoms with Crippen LogP contribution in [0.1, 0.15) is 21.5 Å². The van der Waals surface area contributed by atoms with E-state index in [1.54, 1.807) is 60.7 Å². The van der Waals surface area contributed by atoms with Gasteiger partial charge in [-0.25, -0.2) is 13.6 Å². The summed E-state index contributed by atoms with van der Waals surface area (Å²) in [5.74, 6) is -3.25. The van der Waals surface area contributed by atoms with E-state index >= 15 is 0 Å². The predicted octanol–water partition coefficient (Wildman–Crippen LogP) is 4.94. The maximum atomic E-state index is 13.8. The molecule has 3 aromatic rings. The lowest BCUT2D eigenvalue weighted by Gasteiger charge is -2.11. The first-order chi connectivity index (χ1) is 14.5. The number of Topliss-reactive ketones (excluding diaryl/α,β-unsaturated/α-hetero) is 1. The van der Waals surface area contributed by atoms with Crippen LogP contribution >= 0.6 is 0 Å². The minimum atomic E-state index is -1.01. The molecule has 0 spiro atoms. The molecule has 4 nitrogen and oxygen atoms in total. The molecule has 0 aliphatic rings. The van der Waals surface area contributed by atoms with E-state index in [4.69, 9.17) is 9.47 Å². The van der Waals surface area contributed by atoms with E-state index < -0.39 is 35.6 Å². The maximum absolute atomic E-state index is 13.8. The minimum absolute atomic E-state index is 0.168. The minimum Gasteiger partial charge on any atom is -0.496 e. The Morgan fingerprint density at radius 3 is 2.17 bits per heavy atom. The van der Waals surface area contributed by atoms with Gasteiger partial charge in [0.1, 0.15) is 17.4 Å². The first-order valence-electron chi connectivity index (χ1n) is 9.05. The van der Waals surface area contributed by atoms with Gasteiger partial charge in [-0.2, -0.15) is 0 Å². The molecule has 0 N–H and O–H groups in total. The number of benzene rings is 3. The Hall–Kier alpha value is -3.80. The topological polar surface area (TPSA) is 52.6 Å². The van der Waals surface area contributed by atoms with E-state index in [0.717, 1.165) is 18.2 Å². The number of para-hydroxylation sites is 1. The third-order valence-electron chi connectivity index (χ3n) is 4.32. The van der Waals surface area contributed by atoms with Crippen LogP contribution in [0, 0.1) is 11.6 Å². The van der Waals surface area contributed by atoms with Gasteiger partial charge in [0.2, 0.25) is 5.78 Å². The van der Waals surface area contributed by atoms with Crippen LogP contribution < -0.4 is 4.74 Å². The third-order valence-corrected chi connectivity index (χ3v) is 4.32. The number of rotatable bonds is 7. The lowest BCUT2D eigenvalue weighted by molar-refractivity contribution is -0.135. The van der Waals surface area contributed by atoms with Crippen LogP contribution in [-0.4, -0.2) is 25.5 Å². The molecule has 0 saturated heterocycles. The second kappa shape index (κ2) is 9.60. The fourth-order valence-electron chi connectivity index (χ4n) is 2.86. The van der Waals surface area contributed by atoms with Gasteiger partial charge < -0.3 is 9.47 Å². The molecule has 0 saturated carbocycles. The molecule has 6 heteroatoms. The number of hydrogen-bond acceptors (Lipinski definition) is 4. The highest BCUT2D eigenvalue weighted by atomic mass is 19.1. The summed E-state index contributed by atoms with van der Waals surface area (Å²) in [4.78, 5) is 25.0. The molecule has 0 unspecified atom stereocenters. The number of halogens is 2. The summed E-state index contributed by atoms with van der Waals surface area (Å²) < 4.78 is 38.0. The van der Waals surface area contributed by atoms with Gasteiger partial charge in [-0.05, 0) is 29.8 Å². The zero-order valence-electron chi connectivity index (χ0n) is 16.1. The number of carbonyl (C=O) groups excluding carboxylic acids is 2. The first-order valence-corrected chi connectivity index (χ1v) is 9.05. The van der Waals surface area contributed by atoms with Crippen molar-refractivity contribution in [3.63, 3.8) is 0 Å². The monoisotopic (exact) mass is 408 g/mol. The smallest absolute Gasteiger partial charge is 0.339 e. The summed E-state index contributed by atoms with van der Waals surface area (Å²) in [6.45, 7) is -0.799. The molecular formula is C24H18F2O4. The number of methoxy groups -OCH3 is 1. The molecule has 3 rings (SSSR count). The number of ketones is 1. The van der Waals surface area contributed by atoms with Crippen molar-refractivity contribution in [2.24, 2.45) is 0 Å². The lowest BCUT2D eigenvalue weighted by Crippen LogP contribution is -2.17. The quantitative estimate of drug-likeness (QED) is 0.241. The molecule has 3 aromatic carbocycles. The van der Waals surface area contributed by atoms with E-state index in [1.165, 1.54) is 7.11 Å². The second-order valence-corrected chi connectivity index (χ2v) is 6.26. The molecule has 0 amide bonds. The van der Waals surface area contributed by atoms with Gasteiger partial charge in [-0.3, -0.25) is 4.79 Å². The summed E-state index contributed by atoms with van der Waals surface area (Å²) in [5.41, 5.74) is 0.613. The Morgan fingerprint density at radius 2 is 1.50 bits per heavy atom. The summed E-state index contributed by atoms with van der Waals surface area (Å²) in [6, 6.07) is 18.9. The lowest BCUT2D eigenvalue weighted by atomic mass is 10.0. The summed E-state index contributed by atoms with van der Waals surface area (Å²) in [7, 11) is 1.51. The van der Waals surface area contributed by atoms with Crippen molar-refractivity contribution >= 4 is 23.4 Å². The van der Waals surface area contributed by atoms with Gasteiger partial charge in [-0.15, -0.1) is 0 Å². The van der Waals surface area contributed by atoms with Crippen LogP contribution in [0.5, 0.6) is 5.75 Å². The van der Waals surface area contributed by atoms with Crippen LogP contribution in [-0.2, 0) is 9.53 Å². The van der Waals surface area contributed by atoms with E-state index in [1.807, 2.05) is 0 Å². The van der Waals surface area contributed by atoms with Gasteiger partial charge in [-0.1, -0.05) is 54.6 Å². The Bertz CT molecular complexity index is 1070. The fraction of sp³-hybridized carbons (Fsp3) is 0.0833. The van der Waals surface area contributed by atoms with Crippen LogP contribution in [0.3, 0.4) is 0 Å². The molecule has 30 heavy (non-hydrogen) atoms. The van der Waals surface area contributed by atoms with Crippen molar-refractivity contribution in [1.29, 1.82) is 0 Å². The highest BCUT2D eigenvalue weighted by molar-refractivity contribution is 6.22. The molecule has 0 aromatic heterocycles. The standard InChI is InChI=1S/C24H18F2O4/c1-29-22-13-6-5-10-17(22)14-18(16-8-3-2-4-9-16)24(28)30-15-21(27)23-19(25)11-7-12-20(23)26/h2-14H,15H2,1H3/b18-14+. The number of ether oxygens (including phenoxy) is 2. The van der Waals surface area contributed by atoms with E-state index in [-0.39, 0.29) is 5.57 Å². The van der Waals surface area contributed by atoms with Crippen molar-refractivity contribution < 1.29 is 27.8 Å². The van der Waals surface area contributed by atoms with Crippen molar-refractivity contribution in [3.8, 4) is 5.75 Å². The average molecular weight is 408 g/mol. The summed E-state index contributed by atoms with van der Waals surface area (Å²) >= 11 is 0. The molecule has 0 radical (unpaired) electrons. The van der Waals surface area contributed by atoms with Crippen molar-refractivity contribution in [1.82, 2.24) is 0 Å². The van der Waals surface area contributed by atoms with Crippen LogP contribution in [0.4, 0.5) is 8.78 Å². The second-order valence-electron chi connectivity index (χ2n) is 6.26. The first kappa shape index (κ1) is 20.9. The van der Waals surface area contributed by atoms with Gasteiger partial charge in [0.15, 0.2) is 6.61 Å². The number of hydrogen-bond donors (Lipinski definition) is 0. The highest BCUT2D eigenvalue weighted by Crippen LogP contribution is 2.25. The third kappa shape index (κ3) is 4.78. The van der Waals surface area contributed by atoms with Gasteiger partial charge in [0, 0.05) is 5.56 Å². The Labute approximate surface area is 172 Å².